The normalized spacial score (nSPS) is 10.6. The summed E-state index contributed by atoms with van der Waals surface area (Å²) in [5.74, 6) is 0.429. The summed E-state index contributed by atoms with van der Waals surface area (Å²) in [6.07, 6.45) is 3.54. The Morgan fingerprint density at radius 1 is 1.05 bits per heavy atom. The smallest absolute Gasteiger partial charge is 0.197 e. The highest BCUT2D eigenvalue weighted by Crippen LogP contribution is 2.26. The lowest BCUT2D eigenvalue weighted by Gasteiger charge is -2.06. The molecule has 0 radical (unpaired) electrons. The minimum atomic E-state index is 0.429. The Balaban J connectivity index is 2.08. The van der Waals surface area contributed by atoms with E-state index < -0.39 is 0 Å². The number of hydrogen-bond donors (Lipinski definition) is 2. The fourth-order valence-corrected chi connectivity index (χ4v) is 2.13. The van der Waals surface area contributed by atoms with E-state index in [0.717, 1.165) is 28.1 Å². The zero-order valence-electron chi connectivity index (χ0n) is 10.6. The molecule has 0 aliphatic heterocycles. The van der Waals surface area contributed by atoms with Crippen LogP contribution in [0, 0.1) is 6.92 Å². The van der Waals surface area contributed by atoms with Gasteiger partial charge in [-0.3, -0.25) is 4.98 Å². The van der Waals surface area contributed by atoms with E-state index in [4.69, 9.17) is 5.73 Å². The number of aromatic nitrogens is 3. The molecule has 0 saturated heterocycles. The van der Waals surface area contributed by atoms with Crippen LogP contribution < -0.4 is 5.73 Å². The van der Waals surface area contributed by atoms with Crippen molar-refractivity contribution < 1.29 is 0 Å². The van der Waals surface area contributed by atoms with Gasteiger partial charge in [0.15, 0.2) is 5.95 Å². The number of nitrogens with zero attached hydrogens (tertiary/aromatic N) is 2. The van der Waals surface area contributed by atoms with Crippen LogP contribution in [-0.2, 0) is 0 Å². The minimum Gasteiger partial charge on any atom is -0.369 e. The van der Waals surface area contributed by atoms with Gasteiger partial charge in [-0.15, -0.1) is 0 Å². The SMILES string of the molecule is Cc1ncccc1-c1cccc(-c2cnc(N)[nH]2)c1. The van der Waals surface area contributed by atoms with Crippen molar-refractivity contribution in [2.75, 3.05) is 5.73 Å². The molecule has 3 rings (SSSR count). The average Bonchev–Trinajstić information content (AvgIpc) is 2.86. The van der Waals surface area contributed by atoms with Crippen molar-refractivity contribution in [3.8, 4) is 22.4 Å². The van der Waals surface area contributed by atoms with Gasteiger partial charge in [0.1, 0.15) is 0 Å². The van der Waals surface area contributed by atoms with Crippen molar-refractivity contribution in [1.29, 1.82) is 0 Å². The summed E-state index contributed by atoms with van der Waals surface area (Å²) in [6.45, 7) is 2.01. The molecular formula is C15H14N4. The molecule has 0 amide bonds. The molecule has 94 valence electrons. The van der Waals surface area contributed by atoms with E-state index in [1.807, 2.05) is 25.1 Å². The molecule has 0 saturated carbocycles. The van der Waals surface area contributed by atoms with Gasteiger partial charge in [-0.05, 0) is 24.6 Å². The predicted octanol–water partition coefficient (Wildman–Crippen LogP) is 3.03. The van der Waals surface area contributed by atoms with Crippen LogP contribution >= 0.6 is 0 Å². The van der Waals surface area contributed by atoms with Crippen LogP contribution in [0.5, 0.6) is 0 Å². The van der Waals surface area contributed by atoms with E-state index in [2.05, 4.69) is 33.2 Å². The number of pyridine rings is 1. The standard InChI is InChI=1S/C15H14N4/c1-10-13(6-3-7-17-10)11-4-2-5-12(8-11)14-9-18-15(16)19-14/h2-9H,1H3,(H3,16,18,19). The molecule has 0 aliphatic carbocycles. The van der Waals surface area contributed by atoms with E-state index in [9.17, 15) is 0 Å². The molecule has 2 aromatic heterocycles. The van der Waals surface area contributed by atoms with Crippen LogP contribution in [0.2, 0.25) is 0 Å². The molecule has 4 heteroatoms. The monoisotopic (exact) mass is 250 g/mol. The van der Waals surface area contributed by atoms with Crippen molar-refractivity contribution in [2.24, 2.45) is 0 Å². The maximum Gasteiger partial charge on any atom is 0.197 e. The Labute approximate surface area is 111 Å². The van der Waals surface area contributed by atoms with Crippen molar-refractivity contribution >= 4 is 5.95 Å². The second-order valence-electron chi connectivity index (χ2n) is 4.40. The number of hydrogen-bond acceptors (Lipinski definition) is 3. The summed E-state index contributed by atoms with van der Waals surface area (Å²) in [7, 11) is 0. The van der Waals surface area contributed by atoms with Gasteiger partial charge in [-0.25, -0.2) is 4.98 Å². The van der Waals surface area contributed by atoms with Crippen molar-refractivity contribution in [2.45, 2.75) is 6.92 Å². The number of nitrogens with one attached hydrogen (secondary N) is 1. The molecule has 0 unspecified atom stereocenters. The fourth-order valence-electron chi connectivity index (χ4n) is 2.13. The number of nitrogens with two attached hydrogens (primary N) is 1. The van der Waals surface area contributed by atoms with Gasteiger partial charge in [-0.1, -0.05) is 24.3 Å². The summed E-state index contributed by atoms with van der Waals surface area (Å²) in [5.41, 5.74) is 10.9. The van der Waals surface area contributed by atoms with Gasteiger partial charge in [0, 0.05) is 23.0 Å². The first kappa shape index (κ1) is 11.5. The Hall–Kier alpha value is -2.62. The molecule has 4 nitrogen and oxygen atoms in total. The molecule has 3 N–H and O–H groups in total. The lowest BCUT2D eigenvalue weighted by atomic mass is 10.0. The van der Waals surface area contributed by atoms with Gasteiger partial charge in [0.05, 0.1) is 11.9 Å². The fraction of sp³-hybridized carbons (Fsp3) is 0.0667. The second kappa shape index (κ2) is 4.57. The lowest BCUT2D eigenvalue weighted by molar-refractivity contribution is 1.20. The maximum atomic E-state index is 5.61. The van der Waals surface area contributed by atoms with Gasteiger partial charge in [0.25, 0.3) is 0 Å². The van der Waals surface area contributed by atoms with E-state index in [1.165, 1.54) is 0 Å². The van der Waals surface area contributed by atoms with E-state index in [-0.39, 0.29) is 0 Å². The molecule has 1 aromatic carbocycles. The Morgan fingerprint density at radius 2 is 1.89 bits per heavy atom. The highest BCUT2D eigenvalue weighted by Gasteiger charge is 2.05. The zero-order valence-corrected chi connectivity index (χ0v) is 10.6. The molecule has 0 fully saturated rings. The molecule has 0 aliphatic rings. The molecule has 0 spiro atoms. The quantitative estimate of drug-likeness (QED) is 0.734. The van der Waals surface area contributed by atoms with Crippen LogP contribution in [0.3, 0.4) is 0 Å². The molecule has 0 bridgehead atoms. The third kappa shape index (κ3) is 2.20. The minimum absolute atomic E-state index is 0.429. The highest BCUT2D eigenvalue weighted by molar-refractivity contribution is 5.72. The number of imidazole rings is 1. The molecular weight excluding hydrogens is 236 g/mol. The summed E-state index contributed by atoms with van der Waals surface area (Å²) >= 11 is 0. The number of aromatic amines is 1. The van der Waals surface area contributed by atoms with Crippen LogP contribution in [0.15, 0.2) is 48.8 Å². The number of anilines is 1. The number of rotatable bonds is 2. The van der Waals surface area contributed by atoms with E-state index >= 15 is 0 Å². The summed E-state index contributed by atoms with van der Waals surface area (Å²) in [5, 5.41) is 0. The van der Waals surface area contributed by atoms with Crippen LogP contribution in [-0.4, -0.2) is 15.0 Å². The summed E-state index contributed by atoms with van der Waals surface area (Å²) in [4.78, 5) is 11.4. The van der Waals surface area contributed by atoms with Crippen LogP contribution in [0.1, 0.15) is 5.69 Å². The van der Waals surface area contributed by atoms with Crippen molar-refractivity contribution in [3.05, 3.63) is 54.5 Å². The average molecular weight is 250 g/mol. The Morgan fingerprint density at radius 3 is 2.63 bits per heavy atom. The number of aryl methyl sites for hydroxylation is 1. The first-order valence-electron chi connectivity index (χ1n) is 6.07. The van der Waals surface area contributed by atoms with Crippen LogP contribution in [0.4, 0.5) is 5.95 Å². The maximum absolute atomic E-state index is 5.61. The third-order valence-corrected chi connectivity index (χ3v) is 3.09. The Bertz CT molecular complexity index is 715. The summed E-state index contributed by atoms with van der Waals surface area (Å²) < 4.78 is 0. The second-order valence-corrected chi connectivity index (χ2v) is 4.40. The highest BCUT2D eigenvalue weighted by atomic mass is 15.0. The third-order valence-electron chi connectivity index (χ3n) is 3.09. The molecule has 2 heterocycles. The lowest BCUT2D eigenvalue weighted by Crippen LogP contribution is -1.88. The molecule has 0 atom stereocenters. The van der Waals surface area contributed by atoms with Gasteiger partial charge >= 0.3 is 0 Å². The van der Waals surface area contributed by atoms with Crippen molar-refractivity contribution in [1.82, 2.24) is 15.0 Å². The largest absolute Gasteiger partial charge is 0.369 e. The van der Waals surface area contributed by atoms with E-state index in [0.29, 0.717) is 5.95 Å². The number of nitrogen functional groups attached to an aromatic ring is 1. The van der Waals surface area contributed by atoms with Gasteiger partial charge in [0.2, 0.25) is 0 Å². The van der Waals surface area contributed by atoms with Gasteiger partial charge in [-0.2, -0.15) is 0 Å². The first-order chi connectivity index (χ1) is 9.24. The number of benzene rings is 1. The van der Waals surface area contributed by atoms with Crippen LogP contribution in [0.25, 0.3) is 22.4 Å². The zero-order chi connectivity index (χ0) is 13.2. The molecule has 3 aromatic rings. The van der Waals surface area contributed by atoms with E-state index in [1.54, 1.807) is 12.4 Å². The summed E-state index contributed by atoms with van der Waals surface area (Å²) in [6, 6.07) is 12.3. The number of H-pyrrole nitrogens is 1. The predicted molar refractivity (Wildman–Crippen MR) is 76.4 cm³/mol. The Kier molecular flexibility index (Phi) is 2.76. The van der Waals surface area contributed by atoms with Crippen molar-refractivity contribution in [3.63, 3.8) is 0 Å². The van der Waals surface area contributed by atoms with Gasteiger partial charge < -0.3 is 10.7 Å². The topological polar surface area (TPSA) is 67.6 Å². The molecule has 19 heavy (non-hydrogen) atoms. The first-order valence-corrected chi connectivity index (χ1v) is 6.07.